The van der Waals surface area contributed by atoms with Crippen LogP contribution in [0.3, 0.4) is 0 Å². The second-order valence-corrected chi connectivity index (χ2v) is 7.20. The van der Waals surface area contributed by atoms with E-state index in [1.165, 1.54) is 21.9 Å². The lowest BCUT2D eigenvalue weighted by molar-refractivity contribution is -0.140. The van der Waals surface area contributed by atoms with Gasteiger partial charge in [-0.25, -0.2) is 9.18 Å². The van der Waals surface area contributed by atoms with Crippen LogP contribution in [0, 0.1) is 5.82 Å². The predicted octanol–water partition coefficient (Wildman–Crippen LogP) is 2.38. The number of likely N-dealkylation sites (N-methyl/N-ethyl adjacent to an activating group) is 2. The van der Waals surface area contributed by atoms with Crippen molar-refractivity contribution in [3.63, 3.8) is 0 Å². The highest BCUT2D eigenvalue weighted by atomic mass is 19.1. The Morgan fingerprint density at radius 3 is 2.38 bits per heavy atom. The smallest absolute Gasteiger partial charge is 0.327 e. The normalized spacial score (nSPS) is 19.3. The zero-order valence-corrected chi connectivity index (χ0v) is 15.2. The Labute approximate surface area is 152 Å². The number of urea groups is 1. The molecule has 3 rings (SSSR count). The highest BCUT2D eigenvalue weighted by Crippen LogP contribution is 2.39. The standard InChI is InChI=1S/C19H24FN3O3/c1-21(12-14-6-8-15(20)9-7-14)16(24)13-23-17(25)19(22(2)18(23)26)10-4-3-5-11-19/h6-9H,3-5,10-13H2,1-2H3. The summed E-state index contributed by atoms with van der Waals surface area (Å²) in [7, 11) is 3.26. The highest BCUT2D eigenvalue weighted by Gasteiger charge is 2.55. The molecule has 1 aromatic rings. The van der Waals surface area contributed by atoms with Crippen LogP contribution in [0.4, 0.5) is 9.18 Å². The minimum Gasteiger partial charge on any atom is -0.340 e. The van der Waals surface area contributed by atoms with Crippen LogP contribution in [0.15, 0.2) is 24.3 Å². The van der Waals surface area contributed by atoms with E-state index in [0.717, 1.165) is 29.7 Å². The number of hydrogen-bond donors (Lipinski definition) is 0. The number of imide groups is 1. The lowest BCUT2D eigenvalue weighted by Crippen LogP contribution is -2.49. The average Bonchev–Trinajstić information content (AvgIpc) is 2.80. The van der Waals surface area contributed by atoms with Crippen LogP contribution >= 0.6 is 0 Å². The van der Waals surface area contributed by atoms with E-state index >= 15 is 0 Å². The third-order valence-corrected chi connectivity index (χ3v) is 5.54. The van der Waals surface area contributed by atoms with Crippen LogP contribution in [0.5, 0.6) is 0 Å². The second kappa shape index (κ2) is 7.05. The van der Waals surface area contributed by atoms with Gasteiger partial charge in [0.2, 0.25) is 5.91 Å². The van der Waals surface area contributed by atoms with Crippen molar-refractivity contribution >= 4 is 17.8 Å². The van der Waals surface area contributed by atoms with Gasteiger partial charge >= 0.3 is 6.03 Å². The van der Waals surface area contributed by atoms with Gasteiger partial charge in [-0.15, -0.1) is 0 Å². The van der Waals surface area contributed by atoms with E-state index in [9.17, 15) is 18.8 Å². The van der Waals surface area contributed by atoms with Crippen LogP contribution in [-0.4, -0.2) is 58.7 Å². The lowest BCUT2D eigenvalue weighted by atomic mass is 9.81. The molecule has 7 heteroatoms. The van der Waals surface area contributed by atoms with Crippen molar-refractivity contribution in [2.75, 3.05) is 20.6 Å². The molecule has 1 aromatic carbocycles. The zero-order chi connectivity index (χ0) is 18.9. The molecule has 0 unspecified atom stereocenters. The topological polar surface area (TPSA) is 60.9 Å². The van der Waals surface area contributed by atoms with E-state index in [4.69, 9.17) is 0 Å². The minimum atomic E-state index is -0.773. The Kier molecular flexibility index (Phi) is 4.98. The molecule has 2 fully saturated rings. The van der Waals surface area contributed by atoms with Gasteiger partial charge in [0.05, 0.1) is 0 Å². The fraction of sp³-hybridized carbons (Fsp3) is 0.526. The summed E-state index contributed by atoms with van der Waals surface area (Å²) < 4.78 is 13.0. The van der Waals surface area contributed by atoms with Crippen LogP contribution in [0.2, 0.25) is 0 Å². The predicted molar refractivity (Wildman–Crippen MR) is 93.6 cm³/mol. The van der Waals surface area contributed by atoms with Gasteiger partial charge < -0.3 is 9.80 Å². The first kappa shape index (κ1) is 18.4. The molecule has 0 radical (unpaired) electrons. The Morgan fingerprint density at radius 2 is 1.77 bits per heavy atom. The molecule has 1 heterocycles. The van der Waals surface area contributed by atoms with Crippen LogP contribution in [0.25, 0.3) is 0 Å². The second-order valence-electron chi connectivity index (χ2n) is 7.20. The Bertz CT molecular complexity index is 713. The molecular formula is C19H24FN3O3. The number of nitrogens with zero attached hydrogens (tertiary/aromatic N) is 3. The Morgan fingerprint density at radius 1 is 1.15 bits per heavy atom. The van der Waals surface area contributed by atoms with E-state index in [0.29, 0.717) is 12.8 Å². The summed E-state index contributed by atoms with van der Waals surface area (Å²) in [6, 6.07) is 5.48. The quantitative estimate of drug-likeness (QED) is 0.774. The third-order valence-electron chi connectivity index (χ3n) is 5.54. The molecule has 0 aromatic heterocycles. The van der Waals surface area contributed by atoms with Gasteiger partial charge in [-0.2, -0.15) is 0 Å². The van der Waals surface area contributed by atoms with Crippen LogP contribution in [-0.2, 0) is 16.1 Å². The van der Waals surface area contributed by atoms with Gasteiger partial charge in [-0.05, 0) is 30.5 Å². The number of carbonyl (C=O) groups excluding carboxylic acids is 3. The summed E-state index contributed by atoms with van der Waals surface area (Å²) in [5, 5.41) is 0. The van der Waals surface area contributed by atoms with Crippen molar-refractivity contribution in [2.24, 2.45) is 0 Å². The van der Waals surface area contributed by atoms with E-state index in [-0.39, 0.29) is 30.7 Å². The number of halogens is 1. The first-order chi connectivity index (χ1) is 12.3. The van der Waals surface area contributed by atoms with E-state index in [2.05, 4.69) is 0 Å². The van der Waals surface area contributed by atoms with Gasteiger partial charge in [0.25, 0.3) is 5.91 Å². The molecule has 2 aliphatic rings. The monoisotopic (exact) mass is 361 g/mol. The molecule has 0 N–H and O–H groups in total. The number of amides is 4. The summed E-state index contributed by atoms with van der Waals surface area (Å²) in [6.07, 6.45) is 4.20. The molecule has 1 aliphatic carbocycles. The van der Waals surface area contributed by atoms with Gasteiger partial charge in [-0.1, -0.05) is 31.4 Å². The summed E-state index contributed by atoms with van der Waals surface area (Å²) >= 11 is 0. The molecule has 1 saturated carbocycles. The third kappa shape index (κ3) is 3.18. The summed E-state index contributed by atoms with van der Waals surface area (Å²) in [4.78, 5) is 42.0. The number of benzene rings is 1. The number of carbonyl (C=O) groups is 3. The van der Waals surface area contributed by atoms with Crippen LogP contribution < -0.4 is 0 Å². The van der Waals surface area contributed by atoms with Gasteiger partial charge in [0.1, 0.15) is 17.9 Å². The summed E-state index contributed by atoms with van der Waals surface area (Å²) in [5.74, 6) is -0.915. The molecular weight excluding hydrogens is 337 g/mol. The highest BCUT2D eigenvalue weighted by molar-refractivity contribution is 6.08. The van der Waals surface area contributed by atoms with E-state index < -0.39 is 11.6 Å². The largest absolute Gasteiger partial charge is 0.340 e. The molecule has 4 amide bonds. The fourth-order valence-electron chi connectivity index (χ4n) is 3.88. The molecule has 140 valence electrons. The molecule has 26 heavy (non-hydrogen) atoms. The molecule has 1 spiro atoms. The maximum Gasteiger partial charge on any atom is 0.327 e. The van der Waals surface area contributed by atoms with Crippen molar-refractivity contribution in [2.45, 2.75) is 44.2 Å². The maximum absolute atomic E-state index is 13.0. The first-order valence-electron chi connectivity index (χ1n) is 8.93. The molecule has 1 saturated heterocycles. The number of hydrogen-bond acceptors (Lipinski definition) is 3. The summed E-state index contributed by atoms with van der Waals surface area (Å²) in [5.41, 5.74) is 0.00713. The van der Waals surface area contributed by atoms with Crippen molar-refractivity contribution in [1.29, 1.82) is 0 Å². The fourth-order valence-corrected chi connectivity index (χ4v) is 3.88. The Balaban J connectivity index is 1.67. The molecule has 0 atom stereocenters. The number of rotatable bonds is 4. The molecule has 0 bridgehead atoms. The van der Waals surface area contributed by atoms with E-state index in [1.807, 2.05) is 0 Å². The van der Waals surface area contributed by atoms with Crippen molar-refractivity contribution in [1.82, 2.24) is 14.7 Å². The summed E-state index contributed by atoms with van der Waals surface area (Å²) in [6.45, 7) is 0.0256. The van der Waals surface area contributed by atoms with Crippen LogP contribution in [0.1, 0.15) is 37.7 Å². The lowest BCUT2D eigenvalue weighted by Gasteiger charge is -2.35. The molecule has 1 aliphatic heterocycles. The molecule has 6 nitrogen and oxygen atoms in total. The average molecular weight is 361 g/mol. The maximum atomic E-state index is 13.0. The van der Waals surface area contributed by atoms with Gasteiger partial charge in [-0.3, -0.25) is 14.5 Å². The van der Waals surface area contributed by atoms with Gasteiger partial charge in [0.15, 0.2) is 0 Å². The van der Waals surface area contributed by atoms with Crippen molar-refractivity contribution in [3.05, 3.63) is 35.6 Å². The van der Waals surface area contributed by atoms with Crippen molar-refractivity contribution < 1.29 is 18.8 Å². The van der Waals surface area contributed by atoms with Gasteiger partial charge in [0, 0.05) is 20.6 Å². The van der Waals surface area contributed by atoms with E-state index in [1.54, 1.807) is 26.2 Å². The Hall–Kier alpha value is -2.44. The first-order valence-corrected chi connectivity index (χ1v) is 8.93. The van der Waals surface area contributed by atoms with Crippen molar-refractivity contribution in [3.8, 4) is 0 Å². The SMILES string of the molecule is CN(Cc1ccc(F)cc1)C(=O)CN1C(=O)N(C)C2(CCCCC2)C1=O. The zero-order valence-electron chi connectivity index (χ0n) is 15.2. The minimum absolute atomic E-state index is 0.256.